The lowest BCUT2D eigenvalue weighted by Gasteiger charge is -2.17. The number of halogens is 1. The molecule has 1 amide bonds. The van der Waals surface area contributed by atoms with Gasteiger partial charge in [0.1, 0.15) is 5.82 Å². The van der Waals surface area contributed by atoms with E-state index in [9.17, 15) is 9.59 Å². The molecule has 0 aliphatic carbocycles. The van der Waals surface area contributed by atoms with Gasteiger partial charge < -0.3 is 5.32 Å². The summed E-state index contributed by atoms with van der Waals surface area (Å²) in [5.41, 5.74) is 0.889. The first-order valence-electron chi connectivity index (χ1n) is 8.90. The molecule has 0 saturated heterocycles. The lowest BCUT2D eigenvalue weighted by molar-refractivity contribution is 0.0937. The third-order valence-corrected chi connectivity index (χ3v) is 5.06. The lowest BCUT2D eigenvalue weighted by atomic mass is 10.1. The highest BCUT2D eigenvalue weighted by molar-refractivity contribution is 6.31. The minimum Gasteiger partial charge on any atom is -0.342 e. The second kappa shape index (κ2) is 7.09. The summed E-state index contributed by atoms with van der Waals surface area (Å²) in [5, 5.41) is 5.99. The average molecular weight is 392 g/mol. The van der Waals surface area contributed by atoms with Gasteiger partial charge in [-0.2, -0.15) is 0 Å². The third-order valence-electron chi connectivity index (χ3n) is 4.82. The number of aromatic nitrogens is 2. The van der Waals surface area contributed by atoms with Crippen molar-refractivity contribution in [3.63, 3.8) is 0 Å². The van der Waals surface area contributed by atoms with Crippen LogP contribution in [0.4, 0.5) is 0 Å². The van der Waals surface area contributed by atoms with Crippen molar-refractivity contribution in [2.24, 2.45) is 7.05 Å². The van der Waals surface area contributed by atoms with Gasteiger partial charge in [0.2, 0.25) is 0 Å². The van der Waals surface area contributed by atoms with Gasteiger partial charge in [-0.15, -0.1) is 0 Å². The molecule has 0 radical (unpaired) electrons. The predicted octanol–water partition coefficient (Wildman–Crippen LogP) is 4.23. The summed E-state index contributed by atoms with van der Waals surface area (Å²) in [6.45, 7) is 1.80. The highest BCUT2D eigenvalue weighted by Gasteiger charge is 2.17. The highest BCUT2D eigenvalue weighted by atomic mass is 35.5. The molecule has 28 heavy (non-hydrogen) atoms. The third kappa shape index (κ3) is 3.25. The van der Waals surface area contributed by atoms with Gasteiger partial charge in [-0.3, -0.25) is 14.2 Å². The summed E-state index contributed by atoms with van der Waals surface area (Å²) in [6, 6.07) is 17.9. The van der Waals surface area contributed by atoms with E-state index in [0.29, 0.717) is 27.3 Å². The van der Waals surface area contributed by atoms with E-state index in [2.05, 4.69) is 10.3 Å². The number of hydrogen-bond acceptors (Lipinski definition) is 3. The molecule has 4 rings (SSSR count). The Labute approximate surface area is 166 Å². The number of amides is 1. The van der Waals surface area contributed by atoms with Crippen LogP contribution in [0.15, 0.2) is 65.5 Å². The van der Waals surface area contributed by atoms with E-state index in [1.165, 1.54) is 4.57 Å². The van der Waals surface area contributed by atoms with Crippen molar-refractivity contribution >= 4 is 39.2 Å². The van der Waals surface area contributed by atoms with E-state index in [4.69, 9.17) is 11.6 Å². The summed E-state index contributed by atoms with van der Waals surface area (Å²) in [6.07, 6.45) is 0. The van der Waals surface area contributed by atoms with Gasteiger partial charge in [-0.1, -0.05) is 41.9 Å². The Bertz CT molecular complexity index is 1280. The summed E-state index contributed by atoms with van der Waals surface area (Å²) in [7, 11) is 1.65. The molecule has 0 aliphatic rings. The van der Waals surface area contributed by atoms with Gasteiger partial charge in [0.05, 0.1) is 16.9 Å². The second-order valence-electron chi connectivity index (χ2n) is 6.75. The SMILES string of the molecule is C[C@@H](NC(=O)c1ccc2ccccc2c1)c1nc2cc(Cl)ccc2c(=O)n1C. The lowest BCUT2D eigenvalue weighted by Crippen LogP contribution is -2.32. The van der Waals surface area contributed by atoms with Crippen LogP contribution in [0.5, 0.6) is 0 Å². The maximum atomic E-state index is 12.7. The molecule has 0 aliphatic heterocycles. The Morgan fingerprint density at radius 1 is 1.07 bits per heavy atom. The Balaban J connectivity index is 1.67. The van der Waals surface area contributed by atoms with Crippen LogP contribution in [0, 0.1) is 0 Å². The molecule has 3 aromatic carbocycles. The number of hydrogen-bond donors (Lipinski definition) is 1. The minimum atomic E-state index is -0.458. The number of fused-ring (bicyclic) bond motifs is 2. The zero-order chi connectivity index (χ0) is 19.8. The van der Waals surface area contributed by atoms with Crippen molar-refractivity contribution in [3.8, 4) is 0 Å². The van der Waals surface area contributed by atoms with Crippen molar-refractivity contribution in [2.75, 3.05) is 0 Å². The molecule has 0 saturated carbocycles. The maximum Gasteiger partial charge on any atom is 0.261 e. The number of rotatable bonds is 3. The molecule has 0 unspecified atom stereocenters. The summed E-state index contributed by atoms with van der Waals surface area (Å²) in [5.74, 6) is 0.243. The summed E-state index contributed by atoms with van der Waals surface area (Å²) >= 11 is 6.04. The van der Waals surface area contributed by atoms with Crippen molar-refractivity contribution in [2.45, 2.75) is 13.0 Å². The van der Waals surface area contributed by atoms with Gasteiger partial charge in [-0.25, -0.2) is 4.98 Å². The first kappa shape index (κ1) is 18.2. The molecule has 0 fully saturated rings. The number of benzene rings is 3. The van der Waals surface area contributed by atoms with Gasteiger partial charge in [0, 0.05) is 17.6 Å². The van der Waals surface area contributed by atoms with E-state index in [-0.39, 0.29) is 11.5 Å². The monoisotopic (exact) mass is 391 g/mol. The van der Waals surface area contributed by atoms with Crippen LogP contribution in [0.25, 0.3) is 21.7 Å². The maximum absolute atomic E-state index is 12.7. The number of carbonyl (C=O) groups excluding carboxylic acids is 1. The first-order chi connectivity index (χ1) is 13.4. The standard InChI is InChI=1S/C22H18ClN3O2/c1-13(20-25-19-12-17(23)9-10-18(19)22(28)26(20)2)24-21(27)16-8-7-14-5-3-4-6-15(14)11-16/h3-13H,1-2H3,(H,24,27)/t13-/m1/s1. The molecule has 0 spiro atoms. The first-order valence-corrected chi connectivity index (χ1v) is 9.27. The van der Waals surface area contributed by atoms with Crippen LogP contribution in [-0.4, -0.2) is 15.5 Å². The van der Waals surface area contributed by atoms with E-state index < -0.39 is 6.04 Å². The topological polar surface area (TPSA) is 64.0 Å². The Morgan fingerprint density at radius 2 is 1.82 bits per heavy atom. The van der Waals surface area contributed by atoms with Gasteiger partial charge >= 0.3 is 0 Å². The highest BCUT2D eigenvalue weighted by Crippen LogP contribution is 2.19. The van der Waals surface area contributed by atoms with Crippen molar-refractivity contribution in [1.29, 1.82) is 0 Å². The van der Waals surface area contributed by atoms with Crippen LogP contribution < -0.4 is 10.9 Å². The van der Waals surface area contributed by atoms with Gasteiger partial charge in [-0.05, 0) is 48.0 Å². The fraction of sp³-hybridized carbons (Fsp3) is 0.136. The number of carbonyl (C=O) groups is 1. The second-order valence-corrected chi connectivity index (χ2v) is 7.19. The molecule has 140 valence electrons. The Kier molecular flexibility index (Phi) is 4.61. The molecular formula is C22H18ClN3O2. The van der Waals surface area contributed by atoms with E-state index in [1.54, 1.807) is 38.2 Å². The van der Waals surface area contributed by atoms with E-state index >= 15 is 0 Å². The summed E-state index contributed by atoms with van der Waals surface area (Å²) < 4.78 is 1.46. The molecule has 4 aromatic rings. The quantitative estimate of drug-likeness (QED) is 0.568. The minimum absolute atomic E-state index is 0.177. The molecule has 1 aromatic heterocycles. The van der Waals surface area contributed by atoms with Crippen molar-refractivity contribution in [3.05, 3.63) is 87.4 Å². The molecule has 1 heterocycles. The number of nitrogens with zero attached hydrogens (tertiary/aromatic N) is 2. The van der Waals surface area contributed by atoms with Crippen LogP contribution in [0.1, 0.15) is 29.1 Å². The van der Waals surface area contributed by atoms with Crippen molar-refractivity contribution in [1.82, 2.24) is 14.9 Å². The fourth-order valence-corrected chi connectivity index (χ4v) is 3.49. The predicted molar refractivity (Wildman–Crippen MR) is 112 cm³/mol. The van der Waals surface area contributed by atoms with Crippen LogP contribution in [-0.2, 0) is 7.05 Å². The summed E-state index contributed by atoms with van der Waals surface area (Å²) in [4.78, 5) is 29.9. The molecule has 1 atom stereocenters. The normalized spacial score (nSPS) is 12.2. The van der Waals surface area contributed by atoms with Crippen molar-refractivity contribution < 1.29 is 4.79 Å². The van der Waals surface area contributed by atoms with E-state index in [0.717, 1.165) is 10.8 Å². The Hall–Kier alpha value is -3.18. The molecule has 1 N–H and O–H groups in total. The molecule has 0 bridgehead atoms. The van der Waals surface area contributed by atoms with Gasteiger partial charge in [0.25, 0.3) is 11.5 Å². The molecule has 5 nitrogen and oxygen atoms in total. The van der Waals surface area contributed by atoms with Crippen LogP contribution >= 0.6 is 11.6 Å². The zero-order valence-corrected chi connectivity index (χ0v) is 16.2. The van der Waals surface area contributed by atoms with Gasteiger partial charge in [0.15, 0.2) is 0 Å². The van der Waals surface area contributed by atoms with Crippen LogP contribution in [0.3, 0.4) is 0 Å². The average Bonchev–Trinajstić information content (AvgIpc) is 2.70. The molecule has 6 heteroatoms. The number of nitrogens with one attached hydrogen (secondary N) is 1. The largest absolute Gasteiger partial charge is 0.342 e. The Morgan fingerprint density at radius 3 is 2.61 bits per heavy atom. The zero-order valence-electron chi connectivity index (χ0n) is 15.4. The fourth-order valence-electron chi connectivity index (χ4n) is 3.32. The van der Waals surface area contributed by atoms with E-state index in [1.807, 2.05) is 36.4 Å². The van der Waals surface area contributed by atoms with Crippen LogP contribution in [0.2, 0.25) is 5.02 Å². The molecular weight excluding hydrogens is 374 g/mol. The smallest absolute Gasteiger partial charge is 0.261 e.